The van der Waals surface area contributed by atoms with Crippen molar-refractivity contribution in [3.63, 3.8) is 0 Å². The minimum atomic E-state index is -0.562. The molecule has 16 heavy (non-hydrogen) atoms. The highest BCUT2D eigenvalue weighted by atomic mass is 16.6. The topological polar surface area (TPSA) is 92.4 Å². The van der Waals surface area contributed by atoms with Gasteiger partial charge in [-0.3, -0.25) is 10.1 Å². The molecule has 0 radical (unpaired) electrons. The Balaban J connectivity index is 2.84. The lowest BCUT2D eigenvalue weighted by atomic mass is 10.5. The molecule has 0 aliphatic heterocycles. The molecule has 0 spiro atoms. The molecule has 0 bridgehead atoms. The first-order valence-corrected chi connectivity index (χ1v) is 4.62. The summed E-state index contributed by atoms with van der Waals surface area (Å²) in [7, 11) is 0. The molecule has 1 N–H and O–H groups in total. The SMILES string of the molecule is C=CCN(CCO)c1ncc([N+](=O)[O-])cn1. The highest BCUT2D eigenvalue weighted by Crippen LogP contribution is 2.11. The van der Waals surface area contributed by atoms with Crippen LogP contribution in [0.25, 0.3) is 0 Å². The zero-order chi connectivity index (χ0) is 12.0. The smallest absolute Gasteiger partial charge is 0.305 e. The van der Waals surface area contributed by atoms with E-state index in [2.05, 4.69) is 16.5 Å². The Morgan fingerprint density at radius 2 is 2.19 bits per heavy atom. The predicted octanol–water partition coefficient (Wildman–Crippen LogP) is 0.369. The number of rotatable bonds is 6. The van der Waals surface area contributed by atoms with Crippen molar-refractivity contribution in [3.8, 4) is 0 Å². The molecule has 1 aromatic rings. The Bertz CT molecular complexity index is 366. The molecule has 0 saturated carbocycles. The van der Waals surface area contributed by atoms with Crippen LogP contribution in [0.4, 0.5) is 11.6 Å². The molecule has 0 atom stereocenters. The Labute approximate surface area is 92.2 Å². The normalized spacial score (nSPS) is 9.81. The maximum Gasteiger partial charge on any atom is 0.305 e. The second kappa shape index (κ2) is 5.76. The first kappa shape index (κ1) is 12.1. The van der Waals surface area contributed by atoms with Gasteiger partial charge in [-0.05, 0) is 0 Å². The number of nitrogens with zero attached hydrogens (tertiary/aromatic N) is 4. The summed E-state index contributed by atoms with van der Waals surface area (Å²) in [5, 5.41) is 19.2. The Kier molecular flexibility index (Phi) is 4.34. The van der Waals surface area contributed by atoms with Gasteiger partial charge in [-0.2, -0.15) is 0 Å². The van der Waals surface area contributed by atoms with Gasteiger partial charge in [-0.25, -0.2) is 9.97 Å². The van der Waals surface area contributed by atoms with Gasteiger partial charge in [0.25, 0.3) is 0 Å². The molecule has 86 valence electrons. The van der Waals surface area contributed by atoms with Crippen LogP contribution in [-0.4, -0.2) is 39.7 Å². The van der Waals surface area contributed by atoms with Gasteiger partial charge in [0.15, 0.2) is 0 Å². The van der Waals surface area contributed by atoms with E-state index in [1.54, 1.807) is 11.0 Å². The van der Waals surface area contributed by atoms with Gasteiger partial charge in [-0.15, -0.1) is 6.58 Å². The molecular formula is C9H12N4O3. The molecule has 0 amide bonds. The van der Waals surface area contributed by atoms with Crippen LogP contribution < -0.4 is 4.90 Å². The fraction of sp³-hybridized carbons (Fsp3) is 0.333. The average Bonchev–Trinajstić information content (AvgIpc) is 2.29. The maximum atomic E-state index is 10.4. The van der Waals surface area contributed by atoms with Crippen LogP contribution in [0.3, 0.4) is 0 Å². The van der Waals surface area contributed by atoms with Crippen molar-refractivity contribution in [1.82, 2.24) is 9.97 Å². The molecule has 1 heterocycles. The summed E-state index contributed by atoms with van der Waals surface area (Å²) in [5.74, 6) is 0.333. The van der Waals surface area contributed by atoms with Crippen molar-refractivity contribution in [3.05, 3.63) is 35.2 Å². The first-order chi connectivity index (χ1) is 7.69. The van der Waals surface area contributed by atoms with Gasteiger partial charge in [-0.1, -0.05) is 6.08 Å². The molecule has 0 aromatic carbocycles. The van der Waals surface area contributed by atoms with Gasteiger partial charge in [0.1, 0.15) is 12.4 Å². The highest BCUT2D eigenvalue weighted by molar-refractivity contribution is 5.34. The Hall–Kier alpha value is -2.02. The molecule has 0 unspecified atom stereocenters. The van der Waals surface area contributed by atoms with E-state index in [-0.39, 0.29) is 12.3 Å². The van der Waals surface area contributed by atoms with Crippen molar-refractivity contribution in [2.75, 3.05) is 24.6 Å². The molecule has 7 heteroatoms. The largest absolute Gasteiger partial charge is 0.395 e. The number of hydrogen-bond donors (Lipinski definition) is 1. The van der Waals surface area contributed by atoms with Crippen LogP contribution in [0.15, 0.2) is 25.0 Å². The van der Waals surface area contributed by atoms with Gasteiger partial charge in [0.2, 0.25) is 5.95 Å². The van der Waals surface area contributed by atoms with E-state index < -0.39 is 4.92 Å². The van der Waals surface area contributed by atoms with Crippen LogP contribution in [-0.2, 0) is 0 Å². The second-order valence-corrected chi connectivity index (χ2v) is 2.96. The standard InChI is InChI=1S/C9H12N4O3/c1-2-3-12(4-5-14)9-10-6-8(7-11-9)13(15)16/h2,6-7,14H,1,3-5H2. The van der Waals surface area contributed by atoms with E-state index >= 15 is 0 Å². The summed E-state index contributed by atoms with van der Waals surface area (Å²) < 4.78 is 0. The summed E-state index contributed by atoms with van der Waals surface area (Å²) in [6.07, 6.45) is 3.91. The van der Waals surface area contributed by atoms with Gasteiger partial charge < -0.3 is 10.0 Å². The molecule has 0 saturated heterocycles. The van der Waals surface area contributed by atoms with Crippen molar-refractivity contribution in [2.24, 2.45) is 0 Å². The molecule has 1 rings (SSSR count). The summed E-state index contributed by atoms with van der Waals surface area (Å²) in [5.41, 5.74) is -0.161. The number of aliphatic hydroxyl groups excluding tert-OH is 1. The lowest BCUT2D eigenvalue weighted by Gasteiger charge is -2.18. The number of aromatic nitrogens is 2. The summed E-state index contributed by atoms with van der Waals surface area (Å²) >= 11 is 0. The van der Waals surface area contributed by atoms with Gasteiger partial charge in [0.05, 0.1) is 11.5 Å². The van der Waals surface area contributed by atoms with Crippen LogP contribution >= 0.6 is 0 Å². The second-order valence-electron chi connectivity index (χ2n) is 2.96. The van der Waals surface area contributed by atoms with Crippen LogP contribution in [0, 0.1) is 10.1 Å². The van der Waals surface area contributed by atoms with E-state index in [1.165, 1.54) is 0 Å². The highest BCUT2D eigenvalue weighted by Gasteiger charge is 2.10. The summed E-state index contributed by atoms with van der Waals surface area (Å²) in [6.45, 7) is 4.34. The Morgan fingerprint density at radius 1 is 1.56 bits per heavy atom. The monoisotopic (exact) mass is 224 g/mol. The fourth-order valence-corrected chi connectivity index (χ4v) is 1.12. The third-order valence-corrected chi connectivity index (χ3v) is 1.84. The molecule has 7 nitrogen and oxygen atoms in total. The molecule has 0 aliphatic rings. The van der Waals surface area contributed by atoms with Crippen molar-refractivity contribution in [2.45, 2.75) is 0 Å². The minimum absolute atomic E-state index is 0.0474. The van der Waals surface area contributed by atoms with Crippen molar-refractivity contribution in [1.29, 1.82) is 0 Å². The third kappa shape index (κ3) is 2.99. The van der Waals surface area contributed by atoms with E-state index in [0.717, 1.165) is 12.4 Å². The van der Waals surface area contributed by atoms with Crippen molar-refractivity contribution >= 4 is 11.6 Å². The van der Waals surface area contributed by atoms with Crippen LogP contribution in [0.1, 0.15) is 0 Å². The minimum Gasteiger partial charge on any atom is -0.395 e. The van der Waals surface area contributed by atoms with E-state index in [0.29, 0.717) is 19.0 Å². The quantitative estimate of drug-likeness (QED) is 0.426. The van der Waals surface area contributed by atoms with Crippen LogP contribution in [0.2, 0.25) is 0 Å². The average molecular weight is 224 g/mol. The predicted molar refractivity (Wildman–Crippen MR) is 58.2 cm³/mol. The first-order valence-electron chi connectivity index (χ1n) is 4.62. The molecule has 0 aliphatic carbocycles. The number of anilines is 1. The lowest BCUT2D eigenvalue weighted by Crippen LogP contribution is -2.28. The zero-order valence-corrected chi connectivity index (χ0v) is 8.61. The zero-order valence-electron chi connectivity index (χ0n) is 8.61. The van der Waals surface area contributed by atoms with Gasteiger partial charge >= 0.3 is 5.69 Å². The fourth-order valence-electron chi connectivity index (χ4n) is 1.12. The molecule has 0 fully saturated rings. The summed E-state index contributed by atoms with van der Waals surface area (Å²) in [4.78, 5) is 19.2. The third-order valence-electron chi connectivity index (χ3n) is 1.84. The molecular weight excluding hydrogens is 212 g/mol. The van der Waals surface area contributed by atoms with E-state index in [9.17, 15) is 10.1 Å². The summed E-state index contributed by atoms with van der Waals surface area (Å²) in [6, 6.07) is 0. The number of hydrogen-bond acceptors (Lipinski definition) is 6. The maximum absolute atomic E-state index is 10.4. The van der Waals surface area contributed by atoms with Crippen LogP contribution in [0.5, 0.6) is 0 Å². The van der Waals surface area contributed by atoms with Crippen molar-refractivity contribution < 1.29 is 10.0 Å². The van der Waals surface area contributed by atoms with E-state index in [1.807, 2.05) is 0 Å². The molecule has 1 aromatic heterocycles. The van der Waals surface area contributed by atoms with E-state index in [4.69, 9.17) is 5.11 Å². The Morgan fingerprint density at radius 3 is 2.62 bits per heavy atom. The lowest BCUT2D eigenvalue weighted by molar-refractivity contribution is -0.385. The number of nitro groups is 1. The number of aliphatic hydroxyl groups is 1. The van der Waals surface area contributed by atoms with Gasteiger partial charge in [0, 0.05) is 13.1 Å².